The normalized spacial score (nSPS) is 12.2. The average molecular weight is 357 g/mol. The molecule has 0 aliphatic carbocycles. The molecule has 2 aromatic carbocycles. The maximum Gasteiger partial charge on any atom is 0.118 e. The van der Waals surface area contributed by atoms with E-state index in [0.717, 1.165) is 5.75 Å². The summed E-state index contributed by atoms with van der Waals surface area (Å²) in [6, 6.07) is 17.1. The van der Waals surface area contributed by atoms with E-state index in [-0.39, 0.29) is 0 Å². The van der Waals surface area contributed by atoms with E-state index in [9.17, 15) is 0 Å². The van der Waals surface area contributed by atoms with Crippen LogP contribution < -0.4 is 4.74 Å². The number of aryl methyl sites for hydroxylation is 1. The van der Waals surface area contributed by atoms with Crippen molar-refractivity contribution in [1.29, 1.82) is 0 Å². The van der Waals surface area contributed by atoms with Crippen LogP contribution in [0.1, 0.15) is 83.4 Å². The monoisotopic (exact) mass is 356 g/mol. The van der Waals surface area contributed by atoms with E-state index in [4.69, 9.17) is 4.74 Å². The highest BCUT2D eigenvalue weighted by atomic mass is 16.5. The second kappa shape index (κ2) is 13.4. The van der Waals surface area contributed by atoms with Gasteiger partial charge in [0, 0.05) is 0 Å². The summed E-state index contributed by atoms with van der Waals surface area (Å²) < 4.78 is 5.11. The quantitative estimate of drug-likeness (QED) is 0.527. The Labute approximate surface area is 162 Å². The number of methoxy groups -OCH3 is 1. The van der Waals surface area contributed by atoms with E-state index < -0.39 is 0 Å². The molecule has 2 atom stereocenters. The Balaban J connectivity index is 0.000000444. The summed E-state index contributed by atoms with van der Waals surface area (Å²) in [7, 11) is 1.70. The molecule has 0 aromatic heterocycles. The van der Waals surface area contributed by atoms with Gasteiger partial charge in [0.2, 0.25) is 0 Å². The lowest BCUT2D eigenvalue weighted by Gasteiger charge is -2.15. The summed E-state index contributed by atoms with van der Waals surface area (Å²) in [4.78, 5) is 0. The molecule has 2 rings (SSSR count). The number of hydrogen-bond acceptors (Lipinski definition) is 1. The van der Waals surface area contributed by atoms with Gasteiger partial charge in [0.05, 0.1) is 7.11 Å². The smallest absolute Gasteiger partial charge is 0.118 e. The topological polar surface area (TPSA) is 9.23 Å². The molecule has 1 heteroatoms. The van der Waals surface area contributed by atoms with Crippen LogP contribution in [0.4, 0.5) is 0 Å². The molecule has 0 fully saturated rings. The lowest BCUT2D eigenvalue weighted by atomic mass is 9.90. The van der Waals surface area contributed by atoms with Crippen molar-refractivity contribution in [2.75, 3.05) is 7.11 Å². The van der Waals surface area contributed by atoms with Gasteiger partial charge in [-0.15, -0.1) is 0 Å². The zero-order valence-corrected chi connectivity index (χ0v) is 18.5. The second-order valence-corrected chi connectivity index (χ2v) is 7.03. The van der Waals surface area contributed by atoms with Gasteiger partial charge in [-0.3, -0.25) is 0 Å². The first-order valence-corrected chi connectivity index (χ1v) is 10.1. The van der Waals surface area contributed by atoms with Crippen LogP contribution in [-0.4, -0.2) is 7.11 Å². The van der Waals surface area contributed by atoms with Crippen molar-refractivity contribution >= 4 is 0 Å². The van der Waals surface area contributed by atoms with Crippen molar-refractivity contribution < 1.29 is 4.74 Å². The molecule has 0 saturated heterocycles. The van der Waals surface area contributed by atoms with E-state index >= 15 is 0 Å². The summed E-state index contributed by atoms with van der Waals surface area (Å²) in [5, 5.41) is 0. The highest BCUT2D eigenvalue weighted by Gasteiger charge is 2.09. The third kappa shape index (κ3) is 8.56. The molecular formula is C25H40O. The minimum atomic E-state index is 0.617. The minimum absolute atomic E-state index is 0.617. The predicted molar refractivity (Wildman–Crippen MR) is 117 cm³/mol. The molecule has 2 unspecified atom stereocenters. The van der Waals surface area contributed by atoms with Crippen molar-refractivity contribution in [3.05, 3.63) is 65.2 Å². The van der Waals surface area contributed by atoms with Crippen LogP contribution in [0.2, 0.25) is 0 Å². The Morgan fingerprint density at radius 1 is 0.769 bits per heavy atom. The Morgan fingerprint density at radius 2 is 1.23 bits per heavy atom. The molecule has 26 heavy (non-hydrogen) atoms. The van der Waals surface area contributed by atoms with Crippen LogP contribution in [0.3, 0.4) is 0 Å². The Kier molecular flexibility index (Phi) is 12.5. The van der Waals surface area contributed by atoms with E-state index in [1.54, 1.807) is 7.11 Å². The number of benzene rings is 2. The minimum Gasteiger partial charge on any atom is -0.497 e. The Hall–Kier alpha value is -1.76. The van der Waals surface area contributed by atoms with Gasteiger partial charge in [0.1, 0.15) is 5.75 Å². The molecule has 0 spiro atoms. The van der Waals surface area contributed by atoms with Crippen LogP contribution in [-0.2, 0) is 0 Å². The summed E-state index contributed by atoms with van der Waals surface area (Å²) in [6.45, 7) is 17.4. The van der Waals surface area contributed by atoms with Crippen molar-refractivity contribution in [3.63, 3.8) is 0 Å². The van der Waals surface area contributed by atoms with Gasteiger partial charge in [0.25, 0.3) is 0 Å². The fourth-order valence-corrected chi connectivity index (χ4v) is 2.42. The first-order chi connectivity index (χ1) is 12.4. The number of rotatable bonds is 5. The Morgan fingerprint density at radius 3 is 1.62 bits per heavy atom. The van der Waals surface area contributed by atoms with Crippen LogP contribution in [0, 0.1) is 12.8 Å². The van der Waals surface area contributed by atoms with Gasteiger partial charge in [-0.25, -0.2) is 0 Å². The van der Waals surface area contributed by atoms with Crippen molar-refractivity contribution in [2.45, 2.75) is 73.6 Å². The molecule has 0 aliphatic heterocycles. The van der Waals surface area contributed by atoms with Gasteiger partial charge in [-0.05, 0) is 54.4 Å². The fourth-order valence-electron chi connectivity index (χ4n) is 2.42. The van der Waals surface area contributed by atoms with Crippen LogP contribution in [0.5, 0.6) is 5.75 Å². The van der Waals surface area contributed by atoms with E-state index in [1.807, 2.05) is 26.0 Å². The van der Waals surface area contributed by atoms with E-state index in [2.05, 4.69) is 77.9 Å². The number of hydrogen-bond donors (Lipinski definition) is 0. The largest absolute Gasteiger partial charge is 0.497 e. The van der Waals surface area contributed by atoms with Crippen LogP contribution in [0.15, 0.2) is 48.5 Å². The Bertz CT molecular complexity index is 566. The lowest BCUT2D eigenvalue weighted by molar-refractivity contribution is 0.414. The van der Waals surface area contributed by atoms with Crippen molar-refractivity contribution in [3.8, 4) is 5.75 Å². The molecule has 146 valence electrons. The van der Waals surface area contributed by atoms with Gasteiger partial charge < -0.3 is 4.74 Å². The molecule has 0 N–H and O–H groups in total. The van der Waals surface area contributed by atoms with E-state index in [1.165, 1.54) is 23.1 Å². The van der Waals surface area contributed by atoms with Gasteiger partial charge in [0.15, 0.2) is 0 Å². The lowest BCUT2D eigenvalue weighted by Crippen LogP contribution is -2.01. The standard InChI is InChI=1S/C12H18O.C11H16.C2H6/c1-9(2)10(3)11-5-7-12(13-4)8-6-11;1-4-10(3)11-7-5-9(2)6-8-11;1-2/h5-10H,1-4H3;5-8,10H,4H2,1-3H3;1-2H3. The number of ether oxygens (including phenoxy) is 1. The molecular weight excluding hydrogens is 316 g/mol. The molecule has 0 radical (unpaired) electrons. The maximum atomic E-state index is 5.11. The van der Waals surface area contributed by atoms with Crippen molar-refractivity contribution in [1.82, 2.24) is 0 Å². The summed E-state index contributed by atoms with van der Waals surface area (Å²) >= 11 is 0. The van der Waals surface area contributed by atoms with Gasteiger partial charge in [-0.2, -0.15) is 0 Å². The zero-order chi connectivity index (χ0) is 20.1. The third-order valence-electron chi connectivity index (χ3n) is 4.90. The molecule has 1 nitrogen and oxygen atoms in total. The van der Waals surface area contributed by atoms with Crippen LogP contribution >= 0.6 is 0 Å². The highest BCUT2D eigenvalue weighted by Crippen LogP contribution is 2.25. The van der Waals surface area contributed by atoms with Crippen LogP contribution in [0.25, 0.3) is 0 Å². The molecule has 0 heterocycles. The first kappa shape index (κ1) is 24.2. The zero-order valence-electron chi connectivity index (χ0n) is 18.5. The van der Waals surface area contributed by atoms with E-state index in [0.29, 0.717) is 17.8 Å². The molecule has 0 saturated carbocycles. The first-order valence-electron chi connectivity index (χ1n) is 10.1. The average Bonchev–Trinajstić information content (AvgIpc) is 2.69. The second-order valence-electron chi connectivity index (χ2n) is 7.03. The molecule has 0 bridgehead atoms. The summed E-state index contributed by atoms with van der Waals surface area (Å²) in [5.41, 5.74) is 4.19. The summed E-state index contributed by atoms with van der Waals surface area (Å²) in [6.07, 6.45) is 1.23. The fraction of sp³-hybridized carbons (Fsp3) is 0.520. The van der Waals surface area contributed by atoms with Gasteiger partial charge in [-0.1, -0.05) is 90.4 Å². The van der Waals surface area contributed by atoms with Crippen molar-refractivity contribution in [2.24, 2.45) is 5.92 Å². The van der Waals surface area contributed by atoms with Gasteiger partial charge >= 0.3 is 0 Å². The predicted octanol–water partition coefficient (Wildman–Crippen LogP) is 7.99. The molecule has 2 aromatic rings. The SMILES string of the molecule is CC.CCC(C)c1ccc(C)cc1.COc1ccc(C(C)C(C)C)cc1. The third-order valence-corrected chi connectivity index (χ3v) is 4.90. The molecule has 0 amide bonds. The maximum absolute atomic E-state index is 5.11. The highest BCUT2D eigenvalue weighted by molar-refractivity contribution is 5.29. The summed E-state index contributed by atoms with van der Waals surface area (Å²) in [5.74, 6) is 2.94. The molecule has 0 aliphatic rings.